The first-order valence-electron chi connectivity index (χ1n) is 6.66. The van der Waals surface area contributed by atoms with Crippen LogP contribution in [0.5, 0.6) is 0 Å². The molecule has 2 fully saturated rings. The first-order chi connectivity index (χ1) is 8.81. The summed E-state index contributed by atoms with van der Waals surface area (Å²) in [5, 5.41) is 2.99. The number of carbonyl (C=O) groups excluding carboxylic acids is 1. The number of likely N-dealkylation sites (N-methyl/N-ethyl adjacent to an activating group) is 1. The fourth-order valence-electron chi connectivity index (χ4n) is 2.33. The van der Waals surface area contributed by atoms with E-state index in [4.69, 9.17) is 9.47 Å². The molecule has 2 heterocycles. The molecule has 2 aliphatic rings. The van der Waals surface area contributed by atoms with E-state index in [2.05, 4.69) is 10.2 Å². The van der Waals surface area contributed by atoms with Gasteiger partial charge in [0, 0.05) is 39.3 Å². The number of hydrogen-bond donors (Lipinski definition) is 1. The molecule has 0 aliphatic carbocycles. The molecule has 18 heavy (non-hydrogen) atoms. The van der Waals surface area contributed by atoms with Crippen LogP contribution < -0.4 is 5.32 Å². The smallest absolute Gasteiger partial charge is 0.253 e. The third-order valence-electron chi connectivity index (χ3n) is 3.45. The Hall–Kier alpha value is -0.690. The zero-order chi connectivity index (χ0) is 12.8. The van der Waals surface area contributed by atoms with Crippen LogP contribution in [0.4, 0.5) is 0 Å². The molecular formula is C12H23N3O3. The molecule has 2 saturated heterocycles. The highest BCUT2D eigenvalue weighted by Crippen LogP contribution is 2.07. The fourth-order valence-corrected chi connectivity index (χ4v) is 2.33. The Morgan fingerprint density at radius 3 is 2.72 bits per heavy atom. The quantitative estimate of drug-likeness (QED) is 0.668. The summed E-state index contributed by atoms with van der Waals surface area (Å²) in [7, 11) is 1.84. The van der Waals surface area contributed by atoms with Crippen molar-refractivity contribution < 1.29 is 14.3 Å². The van der Waals surface area contributed by atoms with Crippen LogP contribution in [0.1, 0.15) is 0 Å². The van der Waals surface area contributed by atoms with Gasteiger partial charge in [0.25, 0.3) is 5.91 Å². The molecule has 1 N–H and O–H groups in total. The average molecular weight is 257 g/mol. The van der Waals surface area contributed by atoms with Crippen molar-refractivity contribution in [2.75, 3.05) is 66.1 Å². The Morgan fingerprint density at radius 2 is 2.00 bits per heavy atom. The minimum absolute atomic E-state index is 0.115. The lowest BCUT2D eigenvalue weighted by molar-refractivity contribution is -0.152. The van der Waals surface area contributed by atoms with Gasteiger partial charge in [0.2, 0.25) is 0 Å². The van der Waals surface area contributed by atoms with Gasteiger partial charge in [-0.2, -0.15) is 0 Å². The summed E-state index contributed by atoms with van der Waals surface area (Å²) in [6, 6.07) is 0. The van der Waals surface area contributed by atoms with Gasteiger partial charge >= 0.3 is 0 Å². The maximum Gasteiger partial charge on any atom is 0.253 e. The number of morpholine rings is 2. The maximum atomic E-state index is 12.1. The highest BCUT2D eigenvalue weighted by molar-refractivity contribution is 5.81. The van der Waals surface area contributed by atoms with E-state index in [1.165, 1.54) is 0 Å². The molecule has 0 spiro atoms. The molecule has 104 valence electrons. The summed E-state index contributed by atoms with van der Waals surface area (Å²) in [5.74, 6) is 0.115. The van der Waals surface area contributed by atoms with Crippen molar-refractivity contribution in [2.45, 2.75) is 6.10 Å². The first-order valence-corrected chi connectivity index (χ1v) is 6.66. The van der Waals surface area contributed by atoms with Gasteiger partial charge in [-0.15, -0.1) is 0 Å². The summed E-state index contributed by atoms with van der Waals surface area (Å²) in [6.45, 7) is 7.22. The van der Waals surface area contributed by atoms with Crippen molar-refractivity contribution in [3.05, 3.63) is 0 Å². The van der Waals surface area contributed by atoms with Crippen molar-refractivity contribution in [2.24, 2.45) is 0 Å². The van der Waals surface area contributed by atoms with E-state index in [1.807, 2.05) is 11.9 Å². The summed E-state index contributed by atoms with van der Waals surface area (Å²) in [5.41, 5.74) is 0. The lowest BCUT2D eigenvalue weighted by Crippen LogP contribution is -2.53. The fraction of sp³-hybridized carbons (Fsp3) is 0.917. The highest BCUT2D eigenvalue weighted by atomic mass is 16.5. The van der Waals surface area contributed by atoms with Gasteiger partial charge in [-0.05, 0) is 7.05 Å². The van der Waals surface area contributed by atoms with Crippen LogP contribution in [0.25, 0.3) is 0 Å². The van der Waals surface area contributed by atoms with E-state index in [0.29, 0.717) is 19.7 Å². The maximum absolute atomic E-state index is 12.1. The normalized spacial score (nSPS) is 26.6. The number of nitrogens with zero attached hydrogens (tertiary/aromatic N) is 2. The van der Waals surface area contributed by atoms with Crippen LogP contribution in [0, 0.1) is 0 Å². The molecule has 0 aromatic carbocycles. The number of ether oxygens (including phenoxy) is 2. The zero-order valence-electron chi connectivity index (χ0n) is 11.1. The summed E-state index contributed by atoms with van der Waals surface area (Å²) >= 11 is 0. The predicted octanol–water partition coefficient (Wildman–Crippen LogP) is -1.23. The van der Waals surface area contributed by atoms with E-state index >= 15 is 0 Å². The molecule has 0 aromatic rings. The average Bonchev–Trinajstić information content (AvgIpc) is 2.41. The SMILES string of the molecule is CNCC1OCCN(CCN2CCOCC2)C1=O. The Morgan fingerprint density at radius 1 is 1.22 bits per heavy atom. The summed E-state index contributed by atoms with van der Waals surface area (Å²) < 4.78 is 10.8. The lowest BCUT2D eigenvalue weighted by atomic mass is 10.2. The molecular weight excluding hydrogens is 234 g/mol. The molecule has 1 atom stereocenters. The molecule has 1 unspecified atom stereocenters. The van der Waals surface area contributed by atoms with Crippen LogP contribution in [-0.2, 0) is 14.3 Å². The Labute approximate surface area is 108 Å². The third-order valence-corrected chi connectivity index (χ3v) is 3.45. The molecule has 2 aliphatic heterocycles. The second-order valence-electron chi connectivity index (χ2n) is 4.70. The Balaban J connectivity index is 1.75. The molecule has 6 nitrogen and oxygen atoms in total. The molecule has 0 bridgehead atoms. The van der Waals surface area contributed by atoms with Gasteiger partial charge in [-0.25, -0.2) is 0 Å². The van der Waals surface area contributed by atoms with Crippen LogP contribution in [0.3, 0.4) is 0 Å². The van der Waals surface area contributed by atoms with Gasteiger partial charge in [-0.3, -0.25) is 9.69 Å². The van der Waals surface area contributed by atoms with Gasteiger partial charge < -0.3 is 19.7 Å². The van der Waals surface area contributed by atoms with Crippen molar-refractivity contribution in [1.29, 1.82) is 0 Å². The zero-order valence-corrected chi connectivity index (χ0v) is 11.1. The lowest BCUT2D eigenvalue weighted by Gasteiger charge is -2.34. The number of carbonyl (C=O) groups is 1. The van der Waals surface area contributed by atoms with E-state index in [0.717, 1.165) is 39.4 Å². The number of amides is 1. The second-order valence-corrected chi connectivity index (χ2v) is 4.70. The van der Waals surface area contributed by atoms with Crippen molar-refractivity contribution >= 4 is 5.91 Å². The van der Waals surface area contributed by atoms with Gasteiger partial charge in [-0.1, -0.05) is 0 Å². The van der Waals surface area contributed by atoms with Crippen LogP contribution in [-0.4, -0.2) is 87.9 Å². The number of nitrogens with one attached hydrogen (secondary N) is 1. The van der Waals surface area contributed by atoms with Crippen molar-refractivity contribution in [3.63, 3.8) is 0 Å². The van der Waals surface area contributed by atoms with Gasteiger partial charge in [0.15, 0.2) is 0 Å². The third kappa shape index (κ3) is 3.65. The van der Waals surface area contributed by atoms with E-state index in [9.17, 15) is 4.79 Å². The van der Waals surface area contributed by atoms with Crippen molar-refractivity contribution in [3.8, 4) is 0 Å². The molecule has 0 saturated carbocycles. The summed E-state index contributed by atoms with van der Waals surface area (Å²) in [4.78, 5) is 16.4. The molecule has 2 rings (SSSR count). The van der Waals surface area contributed by atoms with Crippen LogP contribution in [0.15, 0.2) is 0 Å². The first kappa shape index (κ1) is 13.7. The monoisotopic (exact) mass is 257 g/mol. The number of rotatable bonds is 5. The van der Waals surface area contributed by atoms with Crippen molar-refractivity contribution in [1.82, 2.24) is 15.1 Å². The van der Waals surface area contributed by atoms with Gasteiger partial charge in [0.1, 0.15) is 6.10 Å². The summed E-state index contributed by atoms with van der Waals surface area (Å²) in [6.07, 6.45) is -0.312. The standard InChI is InChI=1S/C12H23N3O3/c1-13-10-11-12(16)15(6-9-18-11)3-2-14-4-7-17-8-5-14/h11,13H,2-10H2,1H3. The molecule has 6 heteroatoms. The molecule has 1 amide bonds. The van der Waals surface area contributed by atoms with Crippen LogP contribution in [0.2, 0.25) is 0 Å². The van der Waals surface area contributed by atoms with E-state index < -0.39 is 0 Å². The highest BCUT2D eigenvalue weighted by Gasteiger charge is 2.29. The minimum Gasteiger partial charge on any atom is -0.379 e. The molecule has 0 aromatic heterocycles. The second kappa shape index (κ2) is 7.04. The predicted molar refractivity (Wildman–Crippen MR) is 67.5 cm³/mol. The number of hydrogen-bond acceptors (Lipinski definition) is 5. The minimum atomic E-state index is -0.312. The van der Waals surface area contributed by atoms with E-state index in [-0.39, 0.29) is 12.0 Å². The van der Waals surface area contributed by atoms with Crippen LogP contribution >= 0.6 is 0 Å². The largest absolute Gasteiger partial charge is 0.379 e. The Kier molecular flexibility index (Phi) is 5.37. The topological polar surface area (TPSA) is 54.0 Å². The van der Waals surface area contributed by atoms with E-state index in [1.54, 1.807) is 0 Å². The Bertz CT molecular complexity index is 267. The van der Waals surface area contributed by atoms with Gasteiger partial charge in [0.05, 0.1) is 19.8 Å². The molecule has 0 radical (unpaired) electrons.